The van der Waals surface area contributed by atoms with E-state index >= 15 is 0 Å². The Morgan fingerprint density at radius 3 is 2.71 bits per heavy atom. The maximum atomic E-state index is 11.4. The summed E-state index contributed by atoms with van der Waals surface area (Å²) in [6, 6.07) is 7.34. The van der Waals surface area contributed by atoms with Crippen LogP contribution in [0.25, 0.3) is 0 Å². The number of hydrogen-bond donors (Lipinski definition) is 1. The van der Waals surface area contributed by atoms with Crippen molar-refractivity contribution in [2.75, 3.05) is 6.61 Å². The van der Waals surface area contributed by atoms with Crippen molar-refractivity contribution in [1.82, 2.24) is 0 Å². The van der Waals surface area contributed by atoms with E-state index < -0.39 is 6.10 Å². The molecule has 4 heteroatoms. The molecule has 1 aromatic carbocycles. The normalized spacial score (nSPS) is 13.9. The molecule has 0 radical (unpaired) electrons. The second kappa shape index (κ2) is 6.25. The molecule has 4 nitrogen and oxygen atoms in total. The fourth-order valence-electron chi connectivity index (χ4n) is 1.38. The molecule has 0 fully saturated rings. The lowest BCUT2D eigenvalue weighted by Gasteiger charge is -2.14. The predicted molar refractivity (Wildman–Crippen MR) is 65.8 cm³/mol. The highest BCUT2D eigenvalue weighted by Crippen LogP contribution is 2.18. The van der Waals surface area contributed by atoms with Gasteiger partial charge in [-0.15, -0.1) is 0 Å². The van der Waals surface area contributed by atoms with E-state index in [2.05, 4.69) is 0 Å². The van der Waals surface area contributed by atoms with Crippen LogP contribution in [0.1, 0.15) is 32.4 Å². The molecule has 0 aliphatic carbocycles. The van der Waals surface area contributed by atoms with Crippen molar-refractivity contribution < 1.29 is 14.3 Å². The largest absolute Gasteiger partial charge is 0.479 e. The lowest BCUT2D eigenvalue weighted by Crippen LogP contribution is -2.26. The Hall–Kier alpha value is -1.55. The Morgan fingerprint density at radius 1 is 1.41 bits per heavy atom. The van der Waals surface area contributed by atoms with Crippen molar-refractivity contribution in [2.24, 2.45) is 5.73 Å². The standard InChI is InChI=1S/C13H19NO3/c1-4-16-13(15)10(3)17-12-7-5-6-11(8-12)9(2)14/h5-10H,4,14H2,1-3H3/t9-,10?/m1/s1. The quantitative estimate of drug-likeness (QED) is 0.796. The molecule has 1 aromatic rings. The average Bonchev–Trinajstić information content (AvgIpc) is 2.29. The molecule has 0 heterocycles. The van der Waals surface area contributed by atoms with Crippen LogP contribution < -0.4 is 10.5 Å². The SMILES string of the molecule is CCOC(=O)C(C)Oc1cccc([C@@H](C)N)c1. The summed E-state index contributed by atoms with van der Waals surface area (Å²) < 4.78 is 10.4. The molecule has 0 aliphatic rings. The molecule has 0 aliphatic heterocycles. The summed E-state index contributed by atoms with van der Waals surface area (Å²) in [6.45, 7) is 5.68. The van der Waals surface area contributed by atoms with Gasteiger partial charge in [0.15, 0.2) is 6.10 Å². The van der Waals surface area contributed by atoms with E-state index in [0.29, 0.717) is 12.4 Å². The molecule has 17 heavy (non-hydrogen) atoms. The van der Waals surface area contributed by atoms with Gasteiger partial charge in [0.1, 0.15) is 5.75 Å². The van der Waals surface area contributed by atoms with Crippen molar-refractivity contribution in [3.8, 4) is 5.75 Å². The first-order valence-corrected chi connectivity index (χ1v) is 5.73. The fourth-order valence-corrected chi connectivity index (χ4v) is 1.38. The van der Waals surface area contributed by atoms with Crippen LogP contribution in [0.2, 0.25) is 0 Å². The second-order valence-electron chi connectivity index (χ2n) is 3.87. The minimum absolute atomic E-state index is 0.0588. The third-order valence-electron chi connectivity index (χ3n) is 2.32. The van der Waals surface area contributed by atoms with Crippen LogP contribution in [0.3, 0.4) is 0 Å². The van der Waals surface area contributed by atoms with Crippen LogP contribution in [0.4, 0.5) is 0 Å². The van der Waals surface area contributed by atoms with E-state index in [0.717, 1.165) is 5.56 Å². The van der Waals surface area contributed by atoms with Crippen molar-refractivity contribution in [3.63, 3.8) is 0 Å². The summed E-state index contributed by atoms with van der Waals surface area (Å²) in [5.74, 6) is 0.263. The van der Waals surface area contributed by atoms with Crippen LogP contribution in [0.5, 0.6) is 5.75 Å². The zero-order valence-electron chi connectivity index (χ0n) is 10.5. The summed E-state index contributed by atoms with van der Waals surface area (Å²) in [4.78, 5) is 11.4. The number of benzene rings is 1. The molecule has 0 aromatic heterocycles. The number of hydrogen-bond acceptors (Lipinski definition) is 4. The maximum Gasteiger partial charge on any atom is 0.347 e. The fraction of sp³-hybridized carbons (Fsp3) is 0.462. The minimum atomic E-state index is -0.613. The molecule has 1 unspecified atom stereocenters. The Morgan fingerprint density at radius 2 is 2.12 bits per heavy atom. The molecular formula is C13H19NO3. The Labute approximate surface area is 102 Å². The number of carbonyl (C=O) groups excluding carboxylic acids is 1. The highest BCUT2D eigenvalue weighted by molar-refractivity contribution is 5.74. The molecule has 0 bridgehead atoms. The molecule has 94 valence electrons. The van der Waals surface area contributed by atoms with Gasteiger partial charge >= 0.3 is 5.97 Å². The van der Waals surface area contributed by atoms with E-state index in [1.54, 1.807) is 19.9 Å². The minimum Gasteiger partial charge on any atom is -0.479 e. The second-order valence-corrected chi connectivity index (χ2v) is 3.87. The smallest absolute Gasteiger partial charge is 0.347 e. The molecular weight excluding hydrogens is 218 g/mol. The van der Waals surface area contributed by atoms with Crippen molar-refractivity contribution in [1.29, 1.82) is 0 Å². The summed E-state index contributed by atoms with van der Waals surface area (Å²) in [6.07, 6.45) is -0.613. The number of nitrogens with two attached hydrogens (primary N) is 1. The van der Waals surface area contributed by atoms with Gasteiger partial charge in [-0.2, -0.15) is 0 Å². The topological polar surface area (TPSA) is 61.5 Å². The molecule has 1 rings (SSSR count). The zero-order chi connectivity index (χ0) is 12.8. The van der Waals surface area contributed by atoms with Gasteiger partial charge in [-0.3, -0.25) is 0 Å². The third kappa shape index (κ3) is 4.07. The molecule has 2 atom stereocenters. The molecule has 0 saturated heterocycles. The van der Waals surface area contributed by atoms with E-state index in [9.17, 15) is 4.79 Å². The number of esters is 1. The Balaban J connectivity index is 2.68. The van der Waals surface area contributed by atoms with Gasteiger partial charge in [-0.25, -0.2) is 4.79 Å². The lowest BCUT2D eigenvalue weighted by atomic mass is 10.1. The van der Waals surface area contributed by atoms with Crippen LogP contribution >= 0.6 is 0 Å². The maximum absolute atomic E-state index is 11.4. The summed E-state index contributed by atoms with van der Waals surface area (Å²) in [7, 11) is 0. The lowest BCUT2D eigenvalue weighted by molar-refractivity contribution is -0.150. The summed E-state index contributed by atoms with van der Waals surface area (Å²) >= 11 is 0. The molecule has 0 saturated carbocycles. The van der Waals surface area contributed by atoms with Crippen LogP contribution in [0.15, 0.2) is 24.3 Å². The van der Waals surface area contributed by atoms with Gasteiger partial charge < -0.3 is 15.2 Å². The van der Waals surface area contributed by atoms with Crippen LogP contribution in [-0.4, -0.2) is 18.7 Å². The summed E-state index contributed by atoms with van der Waals surface area (Å²) in [5.41, 5.74) is 6.74. The van der Waals surface area contributed by atoms with Gasteiger partial charge in [0, 0.05) is 6.04 Å². The molecule has 2 N–H and O–H groups in total. The first-order chi connectivity index (χ1) is 8.04. The van der Waals surface area contributed by atoms with Crippen LogP contribution in [0, 0.1) is 0 Å². The number of carbonyl (C=O) groups is 1. The first-order valence-electron chi connectivity index (χ1n) is 5.73. The molecule has 0 amide bonds. The van der Waals surface area contributed by atoms with Gasteiger partial charge in [0.25, 0.3) is 0 Å². The van der Waals surface area contributed by atoms with Crippen LogP contribution in [-0.2, 0) is 9.53 Å². The van der Waals surface area contributed by atoms with E-state index in [-0.39, 0.29) is 12.0 Å². The third-order valence-corrected chi connectivity index (χ3v) is 2.32. The van der Waals surface area contributed by atoms with Gasteiger partial charge in [0.2, 0.25) is 0 Å². The predicted octanol–water partition coefficient (Wildman–Crippen LogP) is 2.04. The van der Waals surface area contributed by atoms with E-state index in [1.165, 1.54) is 0 Å². The van der Waals surface area contributed by atoms with Gasteiger partial charge in [0.05, 0.1) is 6.61 Å². The van der Waals surface area contributed by atoms with Crippen molar-refractivity contribution in [2.45, 2.75) is 32.9 Å². The highest BCUT2D eigenvalue weighted by Gasteiger charge is 2.15. The van der Waals surface area contributed by atoms with E-state index in [1.807, 2.05) is 25.1 Å². The monoisotopic (exact) mass is 237 g/mol. The highest BCUT2D eigenvalue weighted by atomic mass is 16.6. The van der Waals surface area contributed by atoms with Gasteiger partial charge in [-0.05, 0) is 38.5 Å². The van der Waals surface area contributed by atoms with E-state index in [4.69, 9.17) is 15.2 Å². The molecule has 0 spiro atoms. The van der Waals surface area contributed by atoms with Crippen molar-refractivity contribution >= 4 is 5.97 Å². The summed E-state index contributed by atoms with van der Waals surface area (Å²) in [5, 5.41) is 0. The Kier molecular flexibility index (Phi) is 4.97. The van der Waals surface area contributed by atoms with Crippen molar-refractivity contribution in [3.05, 3.63) is 29.8 Å². The first kappa shape index (κ1) is 13.5. The zero-order valence-corrected chi connectivity index (χ0v) is 10.5. The Bertz CT molecular complexity index is 377. The average molecular weight is 237 g/mol. The number of rotatable bonds is 5. The van der Waals surface area contributed by atoms with Gasteiger partial charge in [-0.1, -0.05) is 12.1 Å². The number of ether oxygens (including phenoxy) is 2.